The van der Waals surface area contributed by atoms with E-state index in [1.54, 1.807) is 0 Å². The smallest absolute Gasteiger partial charge is 0.275 e. The molecule has 0 fully saturated rings. The molecule has 4 aromatic carbocycles. The number of fused-ring (bicyclic) bond motifs is 5. The molecule has 0 radical (unpaired) electrons. The van der Waals surface area contributed by atoms with Crippen molar-refractivity contribution in [2.45, 2.75) is 18.4 Å². The number of nitro benzene ring substituents is 1. The maximum absolute atomic E-state index is 15.0. The molecule has 5 heteroatoms. The summed E-state index contributed by atoms with van der Waals surface area (Å²) >= 11 is 0. The minimum Gasteiger partial charge on any atom is -0.375 e. The lowest BCUT2D eigenvalue weighted by atomic mass is 9.74. The number of nitrogens with one attached hydrogen (secondary N) is 1. The Hall–Kier alpha value is -3.73. The molecule has 0 bridgehead atoms. The van der Waals surface area contributed by atoms with Crippen molar-refractivity contribution in [2.24, 2.45) is 5.92 Å². The van der Waals surface area contributed by atoms with Gasteiger partial charge in [-0.15, -0.1) is 0 Å². The zero-order chi connectivity index (χ0) is 21.1. The third-order valence-electron chi connectivity index (χ3n) is 6.77. The first kappa shape index (κ1) is 18.1. The van der Waals surface area contributed by atoms with Gasteiger partial charge in [0.2, 0.25) is 0 Å². The van der Waals surface area contributed by atoms with Crippen LogP contribution in [0.25, 0.3) is 21.5 Å². The SMILES string of the molecule is O=[N+]([O-])c1ccc(F)c2c1C1C=CCC1C(c1c3ccccc3cc3ccccc13)N2. The molecule has 3 atom stereocenters. The first-order valence-corrected chi connectivity index (χ1v) is 10.4. The minimum atomic E-state index is -0.450. The second-order valence-electron chi connectivity index (χ2n) is 8.32. The summed E-state index contributed by atoms with van der Waals surface area (Å²) < 4.78 is 15.0. The van der Waals surface area contributed by atoms with Crippen LogP contribution in [0.4, 0.5) is 15.8 Å². The predicted octanol–water partition coefficient (Wildman–Crippen LogP) is 6.87. The first-order chi connectivity index (χ1) is 15.1. The second kappa shape index (κ2) is 6.64. The van der Waals surface area contributed by atoms with Crippen molar-refractivity contribution in [3.8, 4) is 0 Å². The number of halogens is 1. The highest BCUT2D eigenvalue weighted by Crippen LogP contribution is 2.54. The van der Waals surface area contributed by atoms with E-state index in [0.717, 1.165) is 33.5 Å². The highest BCUT2D eigenvalue weighted by atomic mass is 19.1. The normalized spacial score (nSPS) is 21.6. The Kier molecular flexibility index (Phi) is 3.87. The van der Waals surface area contributed by atoms with Crippen LogP contribution >= 0.6 is 0 Å². The van der Waals surface area contributed by atoms with E-state index in [9.17, 15) is 14.5 Å². The zero-order valence-corrected chi connectivity index (χ0v) is 16.6. The van der Waals surface area contributed by atoms with E-state index in [2.05, 4.69) is 41.7 Å². The van der Waals surface area contributed by atoms with E-state index >= 15 is 0 Å². The number of nitrogens with zero attached hydrogens (tertiary/aromatic N) is 1. The molecule has 3 unspecified atom stereocenters. The molecular weight excluding hydrogens is 391 g/mol. The van der Waals surface area contributed by atoms with Crippen LogP contribution in [0.15, 0.2) is 78.9 Å². The fourth-order valence-corrected chi connectivity index (χ4v) is 5.48. The maximum atomic E-state index is 15.0. The van der Waals surface area contributed by atoms with Crippen LogP contribution in [0.3, 0.4) is 0 Å². The Morgan fingerprint density at radius 1 is 0.935 bits per heavy atom. The van der Waals surface area contributed by atoms with Crippen LogP contribution in [-0.2, 0) is 0 Å². The van der Waals surface area contributed by atoms with E-state index in [0.29, 0.717) is 5.56 Å². The van der Waals surface area contributed by atoms with Gasteiger partial charge < -0.3 is 5.32 Å². The minimum absolute atomic E-state index is 0.0216. The van der Waals surface area contributed by atoms with E-state index in [1.165, 1.54) is 12.1 Å². The molecule has 0 saturated heterocycles. The molecule has 1 N–H and O–H groups in total. The van der Waals surface area contributed by atoms with Gasteiger partial charge >= 0.3 is 0 Å². The van der Waals surface area contributed by atoms with Crippen molar-refractivity contribution in [3.05, 3.63) is 106 Å². The monoisotopic (exact) mass is 410 g/mol. The molecule has 0 spiro atoms. The molecule has 2 aliphatic rings. The van der Waals surface area contributed by atoms with E-state index in [-0.39, 0.29) is 29.3 Å². The molecule has 152 valence electrons. The van der Waals surface area contributed by atoms with Crippen LogP contribution < -0.4 is 5.32 Å². The number of hydrogen-bond acceptors (Lipinski definition) is 3. The summed E-state index contributed by atoms with van der Waals surface area (Å²) in [5.74, 6) is -0.578. The summed E-state index contributed by atoms with van der Waals surface area (Å²) in [6.45, 7) is 0. The Morgan fingerprint density at radius 3 is 2.29 bits per heavy atom. The molecule has 6 rings (SSSR count). The summed E-state index contributed by atoms with van der Waals surface area (Å²) in [6.07, 6.45) is 4.87. The first-order valence-electron chi connectivity index (χ1n) is 10.4. The zero-order valence-electron chi connectivity index (χ0n) is 16.6. The van der Waals surface area contributed by atoms with Gasteiger partial charge in [0.05, 0.1) is 22.2 Å². The predicted molar refractivity (Wildman–Crippen MR) is 121 cm³/mol. The Balaban J connectivity index is 1.65. The van der Waals surface area contributed by atoms with Crippen molar-refractivity contribution in [1.29, 1.82) is 0 Å². The highest BCUT2D eigenvalue weighted by molar-refractivity contribution is 6.03. The van der Waals surface area contributed by atoms with E-state index < -0.39 is 10.7 Å². The third-order valence-corrected chi connectivity index (χ3v) is 6.77. The lowest BCUT2D eigenvalue weighted by molar-refractivity contribution is -0.385. The van der Waals surface area contributed by atoms with Crippen molar-refractivity contribution in [2.75, 3.05) is 5.32 Å². The summed E-state index contributed by atoms with van der Waals surface area (Å²) in [6, 6.07) is 21.0. The molecule has 1 aliphatic carbocycles. The lowest BCUT2D eigenvalue weighted by Gasteiger charge is -2.38. The lowest BCUT2D eigenvalue weighted by Crippen LogP contribution is -2.30. The molecule has 1 heterocycles. The third kappa shape index (κ3) is 2.59. The van der Waals surface area contributed by atoms with Gasteiger partial charge in [0.25, 0.3) is 5.69 Å². The van der Waals surface area contributed by atoms with Gasteiger partial charge in [-0.1, -0.05) is 60.7 Å². The second-order valence-corrected chi connectivity index (χ2v) is 8.32. The van der Waals surface area contributed by atoms with Crippen LogP contribution in [0.1, 0.15) is 29.5 Å². The molecule has 0 amide bonds. The van der Waals surface area contributed by atoms with Crippen LogP contribution in [0, 0.1) is 21.8 Å². The average Bonchev–Trinajstić information content (AvgIpc) is 3.27. The molecular formula is C26H19FN2O2. The van der Waals surface area contributed by atoms with Crippen molar-refractivity contribution in [3.63, 3.8) is 0 Å². The quantitative estimate of drug-likeness (QED) is 0.170. The van der Waals surface area contributed by atoms with Crippen molar-refractivity contribution >= 4 is 32.9 Å². The molecule has 4 aromatic rings. The van der Waals surface area contributed by atoms with E-state index in [1.807, 2.05) is 30.3 Å². The number of allylic oxidation sites excluding steroid dienone is 2. The number of nitro groups is 1. The Morgan fingerprint density at radius 2 is 1.61 bits per heavy atom. The number of rotatable bonds is 2. The van der Waals surface area contributed by atoms with Gasteiger partial charge in [0.15, 0.2) is 0 Å². The van der Waals surface area contributed by atoms with Gasteiger partial charge in [0, 0.05) is 12.0 Å². The highest BCUT2D eigenvalue weighted by Gasteiger charge is 2.43. The van der Waals surface area contributed by atoms with Crippen LogP contribution in [0.5, 0.6) is 0 Å². The Bertz CT molecular complexity index is 1360. The fourth-order valence-electron chi connectivity index (χ4n) is 5.48. The van der Waals surface area contributed by atoms with Gasteiger partial charge in [-0.25, -0.2) is 4.39 Å². The molecule has 31 heavy (non-hydrogen) atoms. The van der Waals surface area contributed by atoms with Crippen LogP contribution in [0.2, 0.25) is 0 Å². The number of hydrogen-bond donors (Lipinski definition) is 1. The van der Waals surface area contributed by atoms with Gasteiger partial charge in [-0.3, -0.25) is 10.1 Å². The molecule has 0 saturated carbocycles. The summed E-state index contributed by atoms with van der Waals surface area (Å²) in [5, 5.41) is 19.6. The topological polar surface area (TPSA) is 55.2 Å². The van der Waals surface area contributed by atoms with Gasteiger partial charge in [0.1, 0.15) is 5.82 Å². The summed E-state index contributed by atoms with van der Waals surface area (Å²) in [4.78, 5) is 11.3. The summed E-state index contributed by atoms with van der Waals surface area (Å²) in [5.41, 5.74) is 1.82. The fraction of sp³-hybridized carbons (Fsp3) is 0.154. The van der Waals surface area contributed by atoms with Gasteiger partial charge in [-0.05, 0) is 51.6 Å². The summed E-state index contributed by atoms with van der Waals surface area (Å²) in [7, 11) is 0. The molecule has 4 nitrogen and oxygen atoms in total. The largest absolute Gasteiger partial charge is 0.375 e. The van der Waals surface area contributed by atoms with Crippen LogP contribution in [-0.4, -0.2) is 4.92 Å². The number of benzene rings is 4. The standard InChI is InChI=1S/C26H19FN2O2/c27-21-12-13-22(29(30)31)24-19-10-5-11-20(19)25(28-26(21)24)23-17-8-3-1-6-15(17)14-16-7-2-4-9-18(16)23/h1-10,12-14,19-20,25,28H,11H2. The molecule has 1 aliphatic heterocycles. The maximum Gasteiger partial charge on any atom is 0.275 e. The number of anilines is 1. The Labute approximate surface area is 178 Å². The van der Waals surface area contributed by atoms with Crippen molar-refractivity contribution < 1.29 is 9.31 Å². The van der Waals surface area contributed by atoms with E-state index in [4.69, 9.17) is 0 Å². The van der Waals surface area contributed by atoms with Gasteiger partial charge in [-0.2, -0.15) is 0 Å². The van der Waals surface area contributed by atoms with Crippen molar-refractivity contribution in [1.82, 2.24) is 0 Å². The average molecular weight is 410 g/mol. The molecule has 0 aromatic heterocycles.